The van der Waals surface area contributed by atoms with Gasteiger partial charge in [-0.1, -0.05) is 0 Å². The minimum absolute atomic E-state index is 0.164. The molecule has 0 aliphatic rings. The van der Waals surface area contributed by atoms with Gasteiger partial charge in [-0.2, -0.15) is 0 Å². The second-order valence-electron chi connectivity index (χ2n) is 3.78. The summed E-state index contributed by atoms with van der Waals surface area (Å²) in [6.45, 7) is 0. The molecule has 5 nitrogen and oxygen atoms in total. The van der Waals surface area contributed by atoms with Gasteiger partial charge in [-0.25, -0.2) is 0 Å². The van der Waals surface area contributed by atoms with Gasteiger partial charge in [0.05, 0.1) is 27.4 Å². The molecule has 0 spiro atoms. The summed E-state index contributed by atoms with van der Waals surface area (Å²) in [5.74, 6) is 0.854. The molecule has 18 heavy (non-hydrogen) atoms. The quantitative estimate of drug-likeness (QED) is 0.782. The minimum atomic E-state index is -0.756. The zero-order valence-electron chi connectivity index (χ0n) is 10.8. The van der Waals surface area contributed by atoms with Crippen LogP contribution in [0, 0.1) is 0 Å². The predicted octanol–water partition coefficient (Wildman–Crippen LogP) is 1.69. The Bertz CT molecular complexity index is 380. The summed E-state index contributed by atoms with van der Waals surface area (Å²) >= 11 is 0. The van der Waals surface area contributed by atoms with Crippen LogP contribution >= 0.6 is 0 Å². The first kappa shape index (κ1) is 14.3. The molecule has 1 rings (SSSR count). The van der Waals surface area contributed by atoms with E-state index in [9.17, 15) is 9.90 Å². The molecule has 0 amide bonds. The van der Waals surface area contributed by atoms with Crippen LogP contribution in [0.5, 0.6) is 11.5 Å². The van der Waals surface area contributed by atoms with Gasteiger partial charge in [0.2, 0.25) is 0 Å². The van der Waals surface area contributed by atoms with Crippen molar-refractivity contribution in [3.8, 4) is 11.5 Å². The molecule has 0 saturated heterocycles. The van der Waals surface area contributed by atoms with E-state index in [0.29, 0.717) is 23.5 Å². The highest BCUT2D eigenvalue weighted by atomic mass is 16.5. The van der Waals surface area contributed by atoms with Crippen molar-refractivity contribution in [2.75, 3.05) is 21.3 Å². The average molecular weight is 254 g/mol. The normalized spacial score (nSPS) is 11.8. The monoisotopic (exact) mass is 254 g/mol. The Hall–Kier alpha value is -1.75. The molecule has 0 heterocycles. The molecule has 5 heteroatoms. The summed E-state index contributed by atoms with van der Waals surface area (Å²) in [6, 6.07) is 5.14. The van der Waals surface area contributed by atoms with Crippen molar-refractivity contribution in [2.45, 2.75) is 18.9 Å². The van der Waals surface area contributed by atoms with Crippen LogP contribution in [0.4, 0.5) is 0 Å². The van der Waals surface area contributed by atoms with Gasteiger partial charge in [-0.05, 0) is 24.1 Å². The second kappa shape index (κ2) is 6.86. The third kappa shape index (κ3) is 3.92. The van der Waals surface area contributed by atoms with Crippen molar-refractivity contribution in [3.63, 3.8) is 0 Å². The standard InChI is InChI=1S/C13H18O5/c1-16-10-6-9(7-11(8-10)17-2)12(14)4-5-13(15)18-3/h6-8,12,14H,4-5H2,1-3H3. The Morgan fingerprint density at radius 3 is 2.17 bits per heavy atom. The van der Waals surface area contributed by atoms with Crippen LogP contribution in [0.1, 0.15) is 24.5 Å². The van der Waals surface area contributed by atoms with Crippen LogP contribution in [-0.4, -0.2) is 32.4 Å². The van der Waals surface area contributed by atoms with E-state index in [0.717, 1.165) is 0 Å². The highest BCUT2D eigenvalue weighted by Crippen LogP contribution is 2.28. The Kier molecular flexibility index (Phi) is 5.45. The van der Waals surface area contributed by atoms with Gasteiger partial charge in [-0.3, -0.25) is 4.79 Å². The highest BCUT2D eigenvalue weighted by molar-refractivity contribution is 5.69. The van der Waals surface area contributed by atoms with Gasteiger partial charge < -0.3 is 19.3 Å². The topological polar surface area (TPSA) is 65.0 Å². The number of hydrogen-bond donors (Lipinski definition) is 1. The van der Waals surface area contributed by atoms with Crippen LogP contribution < -0.4 is 9.47 Å². The van der Waals surface area contributed by atoms with E-state index in [-0.39, 0.29) is 12.4 Å². The lowest BCUT2D eigenvalue weighted by Crippen LogP contribution is -2.05. The molecule has 0 bridgehead atoms. The number of benzene rings is 1. The van der Waals surface area contributed by atoms with Crippen LogP contribution in [0.15, 0.2) is 18.2 Å². The first-order valence-corrected chi connectivity index (χ1v) is 5.58. The van der Waals surface area contributed by atoms with Crippen molar-refractivity contribution in [3.05, 3.63) is 23.8 Å². The molecule has 0 aromatic heterocycles. The van der Waals surface area contributed by atoms with Gasteiger partial charge in [-0.15, -0.1) is 0 Å². The minimum Gasteiger partial charge on any atom is -0.497 e. The number of methoxy groups -OCH3 is 3. The van der Waals surface area contributed by atoms with Crippen molar-refractivity contribution < 1.29 is 24.1 Å². The molecular formula is C13H18O5. The number of aliphatic hydroxyl groups excluding tert-OH is 1. The Balaban J connectivity index is 2.77. The number of ether oxygens (including phenoxy) is 3. The highest BCUT2D eigenvalue weighted by Gasteiger charge is 2.13. The fourth-order valence-corrected chi connectivity index (χ4v) is 1.55. The van der Waals surface area contributed by atoms with E-state index < -0.39 is 6.10 Å². The van der Waals surface area contributed by atoms with E-state index in [1.165, 1.54) is 7.11 Å². The van der Waals surface area contributed by atoms with E-state index >= 15 is 0 Å². The van der Waals surface area contributed by atoms with E-state index in [1.807, 2.05) is 0 Å². The molecule has 0 fully saturated rings. The summed E-state index contributed by atoms with van der Waals surface area (Å²) in [6.07, 6.45) is -0.298. The molecule has 100 valence electrons. The largest absolute Gasteiger partial charge is 0.497 e. The molecule has 0 saturated carbocycles. The molecular weight excluding hydrogens is 236 g/mol. The maximum Gasteiger partial charge on any atom is 0.305 e. The predicted molar refractivity (Wildman–Crippen MR) is 65.8 cm³/mol. The van der Waals surface area contributed by atoms with Crippen LogP contribution in [0.25, 0.3) is 0 Å². The number of aliphatic hydroxyl groups is 1. The van der Waals surface area contributed by atoms with Crippen molar-refractivity contribution in [1.82, 2.24) is 0 Å². The lowest BCUT2D eigenvalue weighted by Gasteiger charge is -2.13. The third-order valence-electron chi connectivity index (χ3n) is 2.61. The number of carbonyl (C=O) groups excluding carboxylic acids is 1. The number of rotatable bonds is 6. The van der Waals surface area contributed by atoms with Crippen LogP contribution in [0.3, 0.4) is 0 Å². The van der Waals surface area contributed by atoms with E-state index in [1.54, 1.807) is 32.4 Å². The maximum atomic E-state index is 11.0. The Morgan fingerprint density at radius 2 is 1.72 bits per heavy atom. The smallest absolute Gasteiger partial charge is 0.305 e. The molecule has 1 unspecified atom stereocenters. The average Bonchev–Trinajstić information content (AvgIpc) is 2.43. The van der Waals surface area contributed by atoms with Crippen molar-refractivity contribution in [2.24, 2.45) is 0 Å². The van der Waals surface area contributed by atoms with Crippen LogP contribution in [-0.2, 0) is 9.53 Å². The molecule has 1 atom stereocenters. The number of hydrogen-bond acceptors (Lipinski definition) is 5. The van der Waals surface area contributed by atoms with E-state index in [2.05, 4.69) is 4.74 Å². The Labute approximate surface area is 106 Å². The summed E-state index contributed by atoms with van der Waals surface area (Å²) in [5, 5.41) is 9.99. The first-order valence-electron chi connectivity index (χ1n) is 5.58. The lowest BCUT2D eigenvalue weighted by molar-refractivity contribution is -0.141. The fourth-order valence-electron chi connectivity index (χ4n) is 1.55. The molecule has 0 aliphatic carbocycles. The number of carbonyl (C=O) groups is 1. The van der Waals surface area contributed by atoms with Gasteiger partial charge in [0, 0.05) is 12.5 Å². The summed E-state index contributed by atoms with van der Waals surface area (Å²) in [5.41, 5.74) is 0.648. The number of esters is 1. The first-order chi connectivity index (χ1) is 8.60. The summed E-state index contributed by atoms with van der Waals surface area (Å²) < 4.78 is 14.7. The molecule has 1 aromatic carbocycles. The molecule has 0 radical (unpaired) electrons. The molecule has 0 aliphatic heterocycles. The third-order valence-corrected chi connectivity index (χ3v) is 2.61. The van der Waals surface area contributed by atoms with Gasteiger partial charge in [0.15, 0.2) is 0 Å². The van der Waals surface area contributed by atoms with Crippen molar-refractivity contribution in [1.29, 1.82) is 0 Å². The van der Waals surface area contributed by atoms with Gasteiger partial charge >= 0.3 is 5.97 Å². The second-order valence-corrected chi connectivity index (χ2v) is 3.78. The zero-order valence-corrected chi connectivity index (χ0v) is 10.8. The van der Waals surface area contributed by atoms with E-state index in [4.69, 9.17) is 9.47 Å². The summed E-state index contributed by atoms with van der Waals surface area (Å²) in [4.78, 5) is 11.0. The Morgan fingerprint density at radius 1 is 1.17 bits per heavy atom. The summed E-state index contributed by atoms with van der Waals surface area (Å²) in [7, 11) is 4.40. The fraction of sp³-hybridized carbons (Fsp3) is 0.462. The zero-order chi connectivity index (χ0) is 13.5. The maximum absolute atomic E-state index is 11.0. The lowest BCUT2D eigenvalue weighted by atomic mass is 10.0. The van der Waals surface area contributed by atoms with Gasteiger partial charge in [0.25, 0.3) is 0 Å². The van der Waals surface area contributed by atoms with Crippen molar-refractivity contribution >= 4 is 5.97 Å². The van der Waals surface area contributed by atoms with Crippen LogP contribution in [0.2, 0.25) is 0 Å². The van der Waals surface area contributed by atoms with Gasteiger partial charge in [0.1, 0.15) is 11.5 Å². The SMILES string of the molecule is COC(=O)CCC(O)c1cc(OC)cc(OC)c1. The molecule has 1 N–H and O–H groups in total. The molecule has 1 aromatic rings.